The van der Waals surface area contributed by atoms with Gasteiger partial charge in [-0.2, -0.15) is 5.10 Å². The van der Waals surface area contributed by atoms with Crippen molar-refractivity contribution < 1.29 is 14.6 Å². The Balaban J connectivity index is 1.58. The molecule has 29 heavy (non-hydrogen) atoms. The number of carbonyl (C=O) groups excluding carboxylic acids is 1. The van der Waals surface area contributed by atoms with E-state index in [-0.39, 0.29) is 17.6 Å². The van der Waals surface area contributed by atoms with Crippen LogP contribution in [0.5, 0.6) is 11.5 Å². The highest BCUT2D eigenvalue weighted by Crippen LogP contribution is 2.43. The van der Waals surface area contributed by atoms with E-state index in [1.54, 1.807) is 41.2 Å². The first-order valence-corrected chi connectivity index (χ1v) is 9.91. The van der Waals surface area contributed by atoms with Crippen molar-refractivity contribution in [1.29, 1.82) is 0 Å². The first-order valence-electron chi connectivity index (χ1n) is 9.15. The van der Waals surface area contributed by atoms with Crippen LogP contribution in [0, 0.1) is 0 Å². The van der Waals surface area contributed by atoms with E-state index in [1.807, 2.05) is 0 Å². The molecule has 1 heterocycles. The van der Waals surface area contributed by atoms with Crippen LogP contribution in [0.15, 0.2) is 42.6 Å². The zero-order chi connectivity index (χ0) is 20.5. The molecule has 0 aliphatic heterocycles. The fraction of sp³-hybridized carbons (Fsp3) is 0.238. The molecule has 1 aliphatic carbocycles. The molecule has 2 N–H and O–H groups in total. The minimum atomic E-state index is -0.213. The number of phenols is 1. The molecule has 1 saturated carbocycles. The second-order valence-corrected chi connectivity index (χ2v) is 7.76. The standard InChI is InChI=1S/C21H19Cl2N3O3/c1-29-19-8-12(2-7-18(19)27)10-24-21(28)15-11-25-26(20(15)13-3-4-13)17-6-5-14(22)9-16(17)23/h2,5-9,11,13,27H,3-4,10H2,1H3,(H,24,28). The van der Waals surface area contributed by atoms with Gasteiger partial charge in [0.05, 0.1) is 35.3 Å². The lowest BCUT2D eigenvalue weighted by Gasteiger charge is -2.11. The molecule has 1 amide bonds. The second kappa shape index (κ2) is 7.97. The Morgan fingerprint density at radius 1 is 1.28 bits per heavy atom. The maximum atomic E-state index is 12.9. The first-order chi connectivity index (χ1) is 14.0. The van der Waals surface area contributed by atoms with Crippen molar-refractivity contribution in [2.45, 2.75) is 25.3 Å². The Labute approximate surface area is 178 Å². The third-order valence-corrected chi connectivity index (χ3v) is 5.39. The van der Waals surface area contributed by atoms with Gasteiger partial charge in [-0.3, -0.25) is 4.79 Å². The van der Waals surface area contributed by atoms with E-state index in [1.165, 1.54) is 13.2 Å². The number of hydrogen-bond donors (Lipinski definition) is 2. The van der Waals surface area contributed by atoms with E-state index < -0.39 is 0 Å². The van der Waals surface area contributed by atoms with Gasteiger partial charge in [0.1, 0.15) is 0 Å². The van der Waals surface area contributed by atoms with Gasteiger partial charge >= 0.3 is 0 Å². The Morgan fingerprint density at radius 3 is 2.76 bits per heavy atom. The largest absolute Gasteiger partial charge is 0.504 e. The number of rotatable bonds is 6. The van der Waals surface area contributed by atoms with E-state index in [0.717, 1.165) is 24.1 Å². The van der Waals surface area contributed by atoms with Gasteiger partial charge in [-0.05, 0) is 48.7 Å². The zero-order valence-corrected chi connectivity index (χ0v) is 17.2. The van der Waals surface area contributed by atoms with Gasteiger partial charge in [0.2, 0.25) is 0 Å². The molecule has 2 aromatic carbocycles. The van der Waals surface area contributed by atoms with Crippen molar-refractivity contribution in [3.63, 3.8) is 0 Å². The quantitative estimate of drug-likeness (QED) is 0.592. The van der Waals surface area contributed by atoms with Crippen molar-refractivity contribution >= 4 is 29.1 Å². The molecule has 0 radical (unpaired) electrons. The highest BCUT2D eigenvalue weighted by molar-refractivity contribution is 6.35. The number of phenolic OH excluding ortho intramolecular Hbond substituents is 1. The number of benzene rings is 2. The van der Waals surface area contributed by atoms with E-state index in [2.05, 4.69) is 10.4 Å². The number of amides is 1. The number of aromatic nitrogens is 2. The summed E-state index contributed by atoms with van der Waals surface area (Å²) in [5, 5.41) is 18.1. The first kappa shape index (κ1) is 19.6. The number of nitrogens with one attached hydrogen (secondary N) is 1. The zero-order valence-electron chi connectivity index (χ0n) is 15.7. The van der Waals surface area contributed by atoms with Crippen LogP contribution in [-0.4, -0.2) is 27.9 Å². The molecule has 0 bridgehead atoms. The summed E-state index contributed by atoms with van der Waals surface area (Å²) >= 11 is 12.4. The Hall–Kier alpha value is -2.70. The Bertz CT molecular complexity index is 1080. The third kappa shape index (κ3) is 4.04. The summed E-state index contributed by atoms with van der Waals surface area (Å²) in [5.74, 6) is 0.481. The predicted octanol–water partition coefficient (Wildman–Crippen LogP) is 4.70. The van der Waals surface area contributed by atoms with Gasteiger partial charge in [0.25, 0.3) is 5.91 Å². The van der Waals surface area contributed by atoms with Crippen molar-refractivity contribution in [3.05, 3.63) is 69.5 Å². The van der Waals surface area contributed by atoms with Crippen molar-refractivity contribution in [3.8, 4) is 17.2 Å². The monoisotopic (exact) mass is 431 g/mol. The molecule has 1 aromatic heterocycles. The lowest BCUT2D eigenvalue weighted by Crippen LogP contribution is -2.23. The highest BCUT2D eigenvalue weighted by Gasteiger charge is 2.33. The summed E-state index contributed by atoms with van der Waals surface area (Å²) in [7, 11) is 1.48. The molecule has 6 nitrogen and oxygen atoms in total. The molecular formula is C21H19Cl2N3O3. The summed E-state index contributed by atoms with van der Waals surface area (Å²) in [4.78, 5) is 12.9. The minimum Gasteiger partial charge on any atom is -0.504 e. The molecule has 150 valence electrons. The van der Waals surface area contributed by atoms with Gasteiger partial charge in [-0.25, -0.2) is 4.68 Å². The smallest absolute Gasteiger partial charge is 0.255 e. The van der Waals surface area contributed by atoms with Crippen LogP contribution < -0.4 is 10.1 Å². The Morgan fingerprint density at radius 2 is 2.07 bits per heavy atom. The highest BCUT2D eigenvalue weighted by atomic mass is 35.5. The van der Waals surface area contributed by atoms with Gasteiger partial charge in [0, 0.05) is 17.5 Å². The molecule has 1 aliphatic rings. The van der Waals surface area contributed by atoms with E-state index >= 15 is 0 Å². The molecule has 0 saturated heterocycles. The molecule has 0 atom stereocenters. The molecule has 4 rings (SSSR count). The maximum Gasteiger partial charge on any atom is 0.255 e. The summed E-state index contributed by atoms with van der Waals surface area (Å²) in [6, 6.07) is 10.2. The van der Waals surface area contributed by atoms with E-state index in [0.29, 0.717) is 33.6 Å². The number of hydrogen-bond acceptors (Lipinski definition) is 4. The summed E-state index contributed by atoms with van der Waals surface area (Å²) in [5.41, 5.74) is 2.90. The van der Waals surface area contributed by atoms with Crippen LogP contribution in [0.2, 0.25) is 10.0 Å². The number of nitrogens with zero attached hydrogens (tertiary/aromatic N) is 2. The topological polar surface area (TPSA) is 76.4 Å². The molecule has 8 heteroatoms. The number of halogens is 2. The molecular weight excluding hydrogens is 413 g/mol. The second-order valence-electron chi connectivity index (χ2n) is 6.91. The van der Waals surface area contributed by atoms with Crippen molar-refractivity contribution in [2.75, 3.05) is 7.11 Å². The van der Waals surface area contributed by atoms with Gasteiger partial charge in [-0.1, -0.05) is 29.3 Å². The van der Waals surface area contributed by atoms with Crippen LogP contribution >= 0.6 is 23.2 Å². The molecule has 0 unspecified atom stereocenters. The number of methoxy groups -OCH3 is 1. The van der Waals surface area contributed by atoms with Crippen LogP contribution in [0.1, 0.15) is 40.4 Å². The minimum absolute atomic E-state index is 0.0553. The number of carbonyl (C=O) groups is 1. The van der Waals surface area contributed by atoms with Crippen molar-refractivity contribution in [2.24, 2.45) is 0 Å². The van der Waals surface area contributed by atoms with Crippen LogP contribution in [0.4, 0.5) is 0 Å². The number of ether oxygens (including phenoxy) is 1. The average Bonchev–Trinajstić information content (AvgIpc) is 3.45. The summed E-state index contributed by atoms with van der Waals surface area (Å²) in [6.45, 7) is 0.298. The Kier molecular flexibility index (Phi) is 5.39. The fourth-order valence-electron chi connectivity index (χ4n) is 3.24. The van der Waals surface area contributed by atoms with Gasteiger partial charge < -0.3 is 15.2 Å². The van der Waals surface area contributed by atoms with Crippen LogP contribution in [0.3, 0.4) is 0 Å². The lowest BCUT2D eigenvalue weighted by molar-refractivity contribution is 0.0950. The predicted molar refractivity (Wildman–Crippen MR) is 111 cm³/mol. The SMILES string of the molecule is COc1cc(CNC(=O)c2cnn(-c3ccc(Cl)cc3Cl)c2C2CC2)ccc1O. The summed E-state index contributed by atoms with van der Waals surface area (Å²) in [6.07, 6.45) is 3.59. The number of aromatic hydroxyl groups is 1. The van der Waals surface area contributed by atoms with E-state index in [9.17, 15) is 9.90 Å². The fourth-order valence-corrected chi connectivity index (χ4v) is 3.73. The average molecular weight is 432 g/mol. The van der Waals surface area contributed by atoms with Crippen LogP contribution in [-0.2, 0) is 6.54 Å². The molecule has 1 fully saturated rings. The van der Waals surface area contributed by atoms with E-state index in [4.69, 9.17) is 27.9 Å². The van der Waals surface area contributed by atoms with Crippen LogP contribution in [0.25, 0.3) is 5.69 Å². The van der Waals surface area contributed by atoms with Gasteiger partial charge in [0.15, 0.2) is 11.5 Å². The third-order valence-electron chi connectivity index (χ3n) is 4.85. The molecule has 3 aromatic rings. The maximum absolute atomic E-state index is 12.9. The normalized spacial score (nSPS) is 13.3. The summed E-state index contributed by atoms with van der Waals surface area (Å²) < 4.78 is 6.84. The molecule has 0 spiro atoms. The van der Waals surface area contributed by atoms with Gasteiger partial charge in [-0.15, -0.1) is 0 Å². The lowest BCUT2D eigenvalue weighted by atomic mass is 10.1. The van der Waals surface area contributed by atoms with Crippen molar-refractivity contribution in [1.82, 2.24) is 15.1 Å².